The fourth-order valence-electron chi connectivity index (χ4n) is 2.28. The summed E-state index contributed by atoms with van der Waals surface area (Å²) in [6.07, 6.45) is -4.48. The van der Waals surface area contributed by atoms with Crippen molar-refractivity contribution in [3.05, 3.63) is 65.2 Å². The summed E-state index contributed by atoms with van der Waals surface area (Å²) in [5, 5.41) is 4.57. The molecule has 0 unspecified atom stereocenters. The Kier molecular flexibility index (Phi) is 5.80. The zero-order valence-corrected chi connectivity index (χ0v) is 13.5. The van der Waals surface area contributed by atoms with E-state index >= 15 is 0 Å². The van der Waals surface area contributed by atoms with Crippen molar-refractivity contribution in [1.82, 2.24) is 5.32 Å². The van der Waals surface area contributed by atoms with Gasteiger partial charge in [0.05, 0.1) is 24.2 Å². The fourth-order valence-corrected chi connectivity index (χ4v) is 2.28. The van der Waals surface area contributed by atoms with E-state index in [0.717, 1.165) is 23.3 Å². The number of aryl methyl sites for hydroxylation is 1. The highest BCUT2D eigenvalue weighted by atomic mass is 19.4. The molecule has 7 heteroatoms. The molecular weight excluding hydrogens is 333 g/mol. The molecule has 0 aromatic heterocycles. The fraction of sp³-hybridized carbons (Fsp3) is 0.222. The van der Waals surface area contributed by atoms with Crippen LogP contribution in [0.2, 0.25) is 0 Å². The number of hydrogen-bond acceptors (Lipinski definition) is 2. The molecule has 2 amide bonds. The number of alkyl halides is 3. The molecule has 2 aromatic rings. The van der Waals surface area contributed by atoms with E-state index in [1.165, 1.54) is 12.1 Å². The number of benzene rings is 2. The zero-order valence-electron chi connectivity index (χ0n) is 13.5. The van der Waals surface area contributed by atoms with E-state index in [2.05, 4.69) is 10.6 Å². The number of nitrogens with one attached hydrogen (secondary N) is 2. The summed E-state index contributed by atoms with van der Waals surface area (Å²) >= 11 is 0. The average molecular weight is 350 g/mol. The number of carbonyl (C=O) groups excluding carboxylic acids is 2. The first-order valence-electron chi connectivity index (χ1n) is 7.54. The van der Waals surface area contributed by atoms with Crippen molar-refractivity contribution in [1.29, 1.82) is 0 Å². The number of hydrogen-bond donors (Lipinski definition) is 2. The predicted molar refractivity (Wildman–Crippen MR) is 88.0 cm³/mol. The summed E-state index contributed by atoms with van der Waals surface area (Å²) in [5.74, 6) is -1.11. The summed E-state index contributed by atoms with van der Waals surface area (Å²) in [6, 6.07) is 12.0. The van der Waals surface area contributed by atoms with Gasteiger partial charge in [0.15, 0.2) is 0 Å². The maximum atomic E-state index is 12.9. The molecule has 2 N–H and O–H groups in total. The minimum atomic E-state index is -4.57. The van der Waals surface area contributed by atoms with Gasteiger partial charge in [0.25, 0.3) is 0 Å². The van der Waals surface area contributed by atoms with Gasteiger partial charge in [-0.05, 0) is 24.6 Å². The number of halogens is 3. The molecular formula is C18H17F3N2O2. The van der Waals surface area contributed by atoms with Gasteiger partial charge in [-0.15, -0.1) is 0 Å². The first-order chi connectivity index (χ1) is 11.8. The van der Waals surface area contributed by atoms with E-state index < -0.39 is 24.2 Å². The molecule has 0 bridgehead atoms. The largest absolute Gasteiger partial charge is 0.418 e. The number of anilines is 1. The third-order valence-electron chi connectivity index (χ3n) is 3.40. The van der Waals surface area contributed by atoms with Crippen LogP contribution in [0.5, 0.6) is 0 Å². The van der Waals surface area contributed by atoms with Crippen molar-refractivity contribution in [3.8, 4) is 0 Å². The second-order valence-electron chi connectivity index (χ2n) is 5.53. The Morgan fingerprint density at radius 2 is 1.72 bits per heavy atom. The quantitative estimate of drug-likeness (QED) is 0.869. The molecule has 2 rings (SSSR count). The maximum Gasteiger partial charge on any atom is 0.418 e. The van der Waals surface area contributed by atoms with E-state index in [-0.39, 0.29) is 18.0 Å². The number of amides is 2. The topological polar surface area (TPSA) is 58.2 Å². The molecule has 4 nitrogen and oxygen atoms in total. The molecule has 0 saturated carbocycles. The van der Waals surface area contributed by atoms with Crippen molar-refractivity contribution in [2.75, 3.05) is 11.9 Å². The lowest BCUT2D eigenvalue weighted by Gasteiger charge is -2.13. The molecule has 2 aromatic carbocycles. The van der Waals surface area contributed by atoms with E-state index in [1.54, 1.807) is 6.07 Å². The molecule has 0 fully saturated rings. The van der Waals surface area contributed by atoms with Crippen LogP contribution in [0, 0.1) is 6.92 Å². The summed E-state index contributed by atoms with van der Waals surface area (Å²) in [4.78, 5) is 23.6. The van der Waals surface area contributed by atoms with Gasteiger partial charge in [0.2, 0.25) is 11.8 Å². The van der Waals surface area contributed by atoms with Gasteiger partial charge >= 0.3 is 6.18 Å². The minimum absolute atomic E-state index is 0.0914. The van der Waals surface area contributed by atoms with Crippen LogP contribution in [0.1, 0.15) is 16.7 Å². The Morgan fingerprint density at radius 3 is 2.40 bits per heavy atom. The number of para-hydroxylation sites is 1. The molecule has 0 heterocycles. The Hall–Kier alpha value is -2.83. The van der Waals surface area contributed by atoms with Crippen LogP contribution in [-0.2, 0) is 22.2 Å². The van der Waals surface area contributed by atoms with Crippen LogP contribution in [-0.4, -0.2) is 18.4 Å². The first-order valence-corrected chi connectivity index (χ1v) is 7.54. The Morgan fingerprint density at radius 1 is 1.00 bits per heavy atom. The zero-order chi connectivity index (χ0) is 18.4. The van der Waals surface area contributed by atoms with Crippen molar-refractivity contribution in [3.63, 3.8) is 0 Å². The molecule has 0 saturated heterocycles. The highest BCUT2D eigenvalue weighted by Gasteiger charge is 2.33. The lowest BCUT2D eigenvalue weighted by Crippen LogP contribution is -2.34. The lowest BCUT2D eigenvalue weighted by atomic mass is 10.1. The smallest absolute Gasteiger partial charge is 0.347 e. The van der Waals surface area contributed by atoms with Gasteiger partial charge in [-0.2, -0.15) is 13.2 Å². The van der Waals surface area contributed by atoms with Gasteiger partial charge in [-0.25, -0.2) is 0 Å². The monoisotopic (exact) mass is 350 g/mol. The van der Waals surface area contributed by atoms with Crippen molar-refractivity contribution in [2.45, 2.75) is 19.5 Å². The molecule has 25 heavy (non-hydrogen) atoms. The van der Waals surface area contributed by atoms with Crippen molar-refractivity contribution >= 4 is 17.5 Å². The summed E-state index contributed by atoms with van der Waals surface area (Å²) in [7, 11) is 0. The van der Waals surface area contributed by atoms with E-state index in [4.69, 9.17) is 0 Å². The Balaban J connectivity index is 1.90. The van der Waals surface area contributed by atoms with Crippen LogP contribution in [0.25, 0.3) is 0 Å². The SMILES string of the molecule is Cc1cccc(CC(=O)NCC(=O)Nc2ccccc2C(F)(F)F)c1. The Labute approximate surface area is 143 Å². The van der Waals surface area contributed by atoms with Crippen molar-refractivity contribution in [2.24, 2.45) is 0 Å². The molecule has 0 radical (unpaired) electrons. The van der Waals surface area contributed by atoms with Gasteiger partial charge in [0.1, 0.15) is 0 Å². The van der Waals surface area contributed by atoms with Crippen LogP contribution < -0.4 is 10.6 Å². The standard InChI is InChI=1S/C18H17F3N2O2/c1-12-5-4-6-13(9-12)10-16(24)22-11-17(25)23-15-8-3-2-7-14(15)18(19,20)21/h2-9H,10-11H2,1H3,(H,22,24)(H,23,25). The van der Waals surface area contributed by atoms with Gasteiger partial charge in [0, 0.05) is 0 Å². The Bertz CT molecular complexity index is 773. The van der Waals surface area contributed by atoms with Crippen LogP contribution >= 0.6 is 0 Å². The predicted octanol–water partition coefficient (Wildman–Crippen LogP) is 3.31. The van der Waals surface area contributed by atoms with Gasteiger partial charge < -0.3 is 10.6 Å². The molecule has 0 aliphatic carbocycles. The average Bonchev–Trinajstić information content (AvgIpc) is 2.52. The summed E-state index contributed by atoms with van der Waals surface area (Å²) in [5.41, 5.74) is 0.523. The van der Waals surface area contributed by atoms with Crippen LogP contribution in [0.15, 0.2) is 48.5 Å². The normalized spacial score (nSPS) is 11.0. The molecule has 0 atom stereocenters. The highest BCUT2D eigenvalue weighted by molar-refractivity contribution is 5.95. The van der Waals surface area contributed by atoms with Crippen molar-refractivity contribution < 1.29 is 22.8 Å². The second kappa shape index (κ2) is 7.83. The molecule has 0 aliphatic rings. The van der Waals surface area contributed by atoms with E-state index in [0.29, 0.717) is 0 Å². The third-order valence-corrected chi connectivity index (χ3v) is 3.40. The van der Waals surface area contributed by atoms with Crippen LogP contribution in [0.3, 0.4) is 0 Å². The summed E-state index contributed by atoms with van der Waals surface area (Å²) < 4.78 is 38.6. The van der Waals surface area contributed by atoms with Crippen LogP contribution in [0.4, 0.5) is 18.9 Å². The summed E-state index contributed by atoms with van der Waals surface area (Å²) in [6.45, 7) is 1.49. The van der Waals surface area contributed by atoms with Gasteiger partial charge in [-0.3, -0.25) is 9.59 Å². The molecule has 0 aliphatic heterocycles. The second-order valence-corrected chi connectivity index (χ2v) is 5.53. The van der Waals surface area contributed by atoms with E-state index in [1.807, 2.05) is 25.1 Å². The maximum absolute atomic E-state index is 12.9. The highest BCUT2D eigenvalue weighted by Crippen LogP contribution is 2.34. The van der Waals surface area contributed by atoms with Gasteiger partial charge in [-0.1, -0.05) is 42.0 Å². The first kappa shape index (κ1) is 18.5. The molecule has 0 spiro atoms. The number of rotatable bonds is 5. The minimum Gasteiger partial charge on any atom is -0.347 e. The lowest BCUT2D eigenvalue weighted by molar-refractivity contribution is -0.137. The van der Waals surface area contributed by atoms with E-state index in [9.17, 15) is 22.8 Å². The number of carbonyl (C=O) groups is 2. The molecule has 132 valence electrons. The third kappa shape index (κ3) is 5.63.